The van der Waals surface area contributed by atoms with Crippen LogP contribution in [0.2, 0.25) is 0 Å². The second-order valence-corrected chi connectivity index (χ2v) is 6.15. The van der Waals surface area contributed by atoms with E-state index in [0.717, 1.165) is 18.9 Å². The van der Waals surface area contributed by atoms with Crippen LogP contribution >= 0.6 is 33.9 Å². The number of anilines is 2. The molecule has 0 atom stereocenters. The Labute approximate surface area is 110 Å². The molecule has 0 aliphatic heterocycles. The summed E-state index contributed by atoms with van der Waals surface area (Å²) in [5, 5.41) is 11.9. The highest BCUT2D eigenvalue weighted by Gasteiger charge is 2.09. The first-order valence-corrected chi connectivity index (χ1v) is 6.67. The summed E-state index contributed by atoms with van der Waals surface area (Å²) in [6.07, 6.45) is 0.688. The zero-order valence-corrected chi connectivity index (χ0v) is 11.4. The SMILES string of the molecule is Nc1nc(NCCCO)c2sc(I)cc2n1. The summed E-state index contributed by atoms with van der Waals surface area (Å²) in [7, 11) is 0. The molecule has 0 saturated heterocycles. The molecule has 0 aliphatic carbocycles. The van der Waals surface area contributed by atoms with Gasteiger partial charge in [0.15, 0.2) is 0 Å². The first kappa shape index (κ1) is 11.8. The van der Waals surface area contributed by atoms with Crippen molar-refractivity contribution in [3.05, 3.63) is 8.95 Å². The Morgan fingerprint density at radius 3 is 3.06 bits per heavy atom. The smallest absolute Gasteiger partial charge is 0.222 e. The minimum Gasteiger partial charge on any atom is -0.396 e. The van der Waals surface area contributed by atoms with E-state index in [1.807, 2.05) is 6.07 Å². The van der Waals surface area contributed by atoms with Gasteiger partial charge in [-0.15, -0.1) is 11.3 Å². The molecule has 0 spiro atoms. The average molecular weight is 350 g/mol. The van der Waals surface area contributed by atoms with Crippen molar-refractivity contribution >= 4 is 55.9 Å². The second-order valence-electron chi connectivity index (χ2n) is 3.20. The number of nitrogens with one attached hydrogen (secondary N) is 1. The van der Waals surface area contributed by atoms with Crippen LogP contribution in [0.3, 0.4) is 0 Å². The molecule has 86 valence electrons. The van der Waals surface area contributed by atoms with E-state index in [2.05, 4.69) is 37.9 Å². The second kappa shape index (κ2) is 5.11. The average Bonchev–Trinajstić information content (AvgIpc) is 2.58. The van der Waals surface area contributed by atoms with Crippen molar-refractivity contribution in [1.82, 2.24) is 9.97 Å². The van der Waals surface area contributed by atoms with Gasteiger partial charge < -0.3 is 16.2 Å². The lowest BCUT2D eigenvalue weighted by molar-refractivity contribution is 0.292. The van der Waals surface area contributed by atoms with Crippen molar-refractivity contribution < 1.29 is 5.11 Å². The van der Waals surface area contributed by atoms with Crippen LogP contribution in [0.25, 0.3) is 10.2 Å². The quantitative estimate of drug-likeness (QED) is 0.577. The lowest BCUT2D eigenvalue weighted by atomic mass is 10.4. The summed E-state index contributed by atoms with van der Waals surface area (Å²) in [4.78, 5) is 8.34. The minimum absolute atomic E-state index is 0.165. The maximum Gasteiger partial charge on any atom is 0.222 e. The molecule has 16 heavy (non-hydrogen) atoms. The normalized spacial score (nSPS) is 10.9. The molecule has 0 aliphatic rings. The molecular formula is C9H11IN4OS. The third-order valence-corrected chi connectivity index (χ3v) is 3.88. The van der Waals surface area contributed by atoms with E-state index in [1.54, 1.807) is 11.3 Å². The number of nitrogens with two attached hydrogens (primary N) is 1. The topological polar surface area (TPSA) is 84.1 Å². The first-order chi connectivity index (χ1) is 7.70. The molecule has 0 unspecified atom stereocenters. The van der Waals surface area contributed by atoms with Crippen LogP contribution in [0.15, 0.2) is 6.07 Å². The fourth-order valence-corrected chi connectivity index (χ4v) is 3.07. The summed E-state index contributed by atoms with van der Waals surface area (Å²) >= 11 is 3.88. The molecule has 0 radical (unpaired) electrons. The summed E-state index contributed by atoms with van der Waals surface area (Å²) in [5.74, 6) is 1.03. The van der Waals surface area contributed by atoms with Gasteiger partial charge in [-0.25, -0.2) is 4.98 Å². The maximum absolute atomic E-state index is 8.72. The van der Waals surface area contributed by atoms with Gasteiger partial charge in [-0.2, -0.15) is 4.98 Å². The number of aromatic nitrogens is 2. The number of aliphatic hydroxyl groups excluding tert-OH is 1. The van der Waals surface area contributed by atoms with Crippen LogP contribution in [0.4, 0.5) is 11.8 Å². The van der Waals surface area contributed by atoms with E-state index in [4.69, 9.17) is 10.8 Å². The van der Waals surface area contributed by atoms with Gasteiger partial charge in [0, 0.05) is 13.2 Å². The van der Waals surface area contributed by atoms with Gasteiger partial charge in [0.1, 0.15) is 5.82 Å². The molecular weight excluding hydrogens is 339 g/mol. The minimum atomic E-state index is 0.165. The van der Waals surface area contributed by atoms with Gasteiger partial charge in [-0.1, -0.05) is 0 Å². The van der Waals surface area contributed by atoms with Gasteiger partial charge in [-0.05, 0) is 35.1 Å². The Morgan fingerprint density at radius 2 is 2.31 bits per heavy atom. The number of rotatable bonds is 4. The zero-order valence-electron chi connectivity index (χ0n) is 8.40. The molecule has 2 aromatic heterocycles. The number of halogens is 1. The molecule has 0 aromatic carbocycles. The largest absolute Gasteiger partial charge is 0.396 e. The number of hydrogen-bond donors (Lipinski definition) is 3. The van der Waals surface area contributed by atoms with Crippen LogP contribution in [0.5, 0.6) is 0 Å². The Hall–Kier alpha value is -0.670. The van der Waals surface area contributed by atoms with E-state index in [-0.39, 0.29) is 12.6 Å². The van der Waals surface area contributed by atoms with Gasteiger partial charge in [0.2, 0.25) is 5.95 Å². The molecule has 2 rings (SSSR count). The molecule has 0 saturated carbocycles. The summed E-state index contributed by atoms with van der Waals surface area (Å²) in [5.41, 5.74) is 6.50. The number of nitrogens with zero attached hydrogens (tertiary/aromatic N) is 2. The molecule has 4 N–H and O–H groups in total. The highest BCUT2D eigenvalue weighted by Crippen LogP contribution is 2.30. The molecule has 0 fully saturated rings. The fourth-order valence-electron chi connectivity index (χ4n) is 1.32. The zero-order chi connectivity index (χ0) is 11.5. The van der Waals surface area contributed by atoms with Crippen molar-refractivity contribution in [3.63, 3.8) is 0 Å². The fraction of sp³-hybridized carbons (Fsp3) is 0.333. The lowest BCUT2D eigenvalue weighted by Crippen LogP contribution is -2.07. The van der Waals surface area contributed by atoms with Crippen molar-refractivity contribution in [2.24, 2.45) is 0 Å². The van der Waals surface area contributed by atoms with Crippen molar-refractivity contribution in [2.75, 3.05) is 24.2 Å². The Kier molecular flexibility index (Phi) is 3.77. The predicted molar refractivity (Wildman–Crippen MR) is 74.7 cm³/mol. The van der Waals surface area contributed by atoms with E-state index >= 15 is 0 Å². The van der Waals surface area contributed by atoms with E-state index < -0.39 is 0 Å². The number of thiophene rings is 1. The number of hydrogen-bond acceptors (Lipinski definition) is 6. The molecule has 5 nitrogen and oxygen atoms in total. The highest BCUT2D eigenvalue weighted by molar-refractivity contribution is 14.1. The third-order valence-electron chi connectivity index (χ3n) is 1.99. The van der Waals surface area contributed by atoms with Gasteiger partial charge in [0.25, 0.3) is 0 Å². The van der Waals surface area contributed by atoms with Crippen LogP contribution in [0, 0.1) is 2.88 Å². The molecule has 2 heterocycles. The van der Waals surface area contributed by atoms with Crippen molar-refractivity contribution in [2.45, 2.75) is 6.42 Å². The van der Waals surface area contributed by atoms with Crippen LogP contribution in [-0.4, -0.2) is 28.2 Å². The molecule has 0 amide bonds. The Bertz CT molecular complexity index is 501. The number of fused-ring (bicyclic) bond motifs is 1. The monoisotopic (exact) mass is 350 g/mol. The summed E-state index contributed by atoms with van der Waals surface area (Å²) in [6, 6.07) is 1.98. The lowest BCUT2D eigenvalue weighted by Gasteiger charge is -2.05. The van der Waals surface area contributed by atoms with E-state index in [0.29, 0.717) is 13.0 Å². The first-order valence-electron chi connectivity index (χ1n) is 4.78. The standard InChI is InChI=1S/C9H11IN4OS/c10-6-4-5-7(16-6)8(12-2-1-3-15)14-9(11)13-5/h4,15H,1-3H2,(H3,11,12,13,14). The Morgan fingerprint density at radius 1 is 1.50 bits per heavy atom. The van der Waals surface area contributed by atoms with Crippen LogP contribution in [-0.2, 0) is 0 Å². The van der Waals surface area contributed by atoms with Gasteiger partial charge >= 0.3 is 0 Å². The van der Waals surface area contributed by atoms with Crippen LogP contribution < -0.4 is 11.1 Å². The highest BCUT2D eigenvalue weighted by atomic mass is 127. The van der Waals surface area contributed by atoms with Crippen molar-refractivity contribution in [3.8, 4) is 0 Å². The number of aliphatic hydroxyl groups is 1. The van der Waals surface area contributed by atoms with Crippen LogP contribution in [0.1, 0.15) is 6.42 Å². The predicted octanol–water partition coefficient (Wildman–Crippen LogP) is 1.67. The number of nitrogen functional groups attached to an aromatic ring is 1. The van der Waals surface area contributed by atoms with Crippen molar-refractivity contribution in [1.29, 1.82) is 0 Å². The third kappa shape index (κ3) is 2.53. The Balaban J connectivity index is 2.34. The molecule has 0 bridgehead atoms. The maximum atomic E-state index is 8.72. The molecule has 2 aromatic rings. The molecule has 7 heteroatoms. The summed E-state index contributed by atoms with van der Waals surface area (Å²) in [6.45, 7) is 0.842. The van der Waals surface area contributed by atoms with Gasteiger partial charge in [-0.3, -0.25) is 0 Å². The van der Waals surface area contributed by atoms with E-state index in [1.165, 1.54) is 0 Å². The summed E-state index contributed by atoms with van der Waals surface area (Å²) < 4.78 is 2.16. The van der Waals surface area contributed by atoms with Gasteiger partial charge in [0.05, 0.1) is 13.1 Å². The van der Waals surface area contributed by atoms with E-state index in [9.17, 15) is 0 Å².